The maximum absolute atomic E-state index is 14.4. The van der Waals surface area contributed by atoms with Crippen molar-refractivity contribution in [3.05, 3.63) is 82.7 Å². The summed E-state index contributed by atoms with van der Waals surface area (Å²) < 4.78 is 81.8. The van der Waals surface area contributed by atoms with E-state index in [0.29, 0.717) is 6.07 Å². The number of amides is 1. The molecular weight excluding hydrogens is 488 g/mol. The first-order chi connectivity index (χ1) is 17.0. The summed E-state index contributed by atoms with van der Waals surface area (Å²) in [5.41, 5.74) is 0.791. The van der Waals surface area contributed by atoms with E-state index in [1.165, 1.54) is 4.90 Å². The summed E-state index contributed by atoms with van der Waals surface area (Å²) in [6.45, 7) is 1.56. The van der Waals surface area contributed by atoms with Crippen LogP contribution in [0.5, 0.6) is 0 Å². The lowest BCUT2D eigenvalue weighted by Crippen LogP contribution is -2.43. The van der Waals surface area contributed by atoms with E-state index in [1.807, 2.05) is 37.3 Å². The highest BCUT2D eigenvalue weighted by atomic mass is 19.4. The molecule has 1 unspecified atom stereocenters. The number of hydrogen-bond acceptors (Lipinski definition) is 4. The van der Waals surface area contributed by atoms with Gasteiger partial charge < -0.3 is 14.8 Å². The van der Waals surface area contributed by atoms with Crippen LogP contribution in [0.4, 0.5) is 26.3 Å². The number of rotatable bonds is 7. The van der Waals surface area contributed by atoms with Crippen molar-refractivity contribution < 1.29 is 31.1 Å². The molecule has 6 nitrogen and oxygen atoms in total. The fourth-order valence-electron chi connectivity index (χ4n) is 4.29. The zero-order chi connectivity index (χ0) is 26.0. The van der Waals surface area contributed by atoms with Crippen LogP contribution in [0.3, 0.4) is 0 Å². The topological polar surface area (TPSA) is 63.1 Å². The third-order valence-corrected chi connectivity index (χ3v) is 6.12. The van der Waals surface area contributed by atoms with Gasteiger partial charge in [0, 0.05) is 37.7 Å². The second-order valence-corrected chi connectivity index (χ2v) is 8.67. The molecule has 192 valence electrons. The van der Waals surface area contributed by atoms with Crippen LogP contribution >= 0.6 is 0 Å². The van der Waals surface area contributed by atoms with Crippen molar-refractivity contribution in [3.63, 3.8) is 0 Å². The highest BCUT2D eigenvalue weighted by Gasteiger charge is 2.40. The molecule has 2 aromatic carbocycles. The molecule has 12 heteroatoms. The SMILES string of the molecule is C[C@@H](NC(CC(=O)N1CCn2c(nnc2C(F)(F)F)C1)Cc1cc(F)c(F)cc1F)c1ccccc1. The standard InChI is InChI=1S/C24H23F6N5O/c1-14(15-5-3-2-4-6-15)31-17(9-16-10-19(26)20(27)12-18(16)25)11-22(36)34-7-8-35-21(13-34)32-33-23(35)24(28,29)30/h2-6,10,12,14,17,31H,7-9,11,13H2,1H3/t14-,17?/m1/s1. The van der Waals surface area contributed by atoms with Crippen LogP contribution < -0.4 is 5.32 Å². The van der Waals surface area contributed by atoms with E-state index < -0.39 is 41.4 Å². The van der Waals surface area contributed by atoms with Crippen LogP contribution in [-0.2, 0) is 30.5 Å². The van der Waals surface area contributed by atoms with Crippen LogP contribution in [0.2, 0.25) is 0 Å². The molecule has 4 rings (SSSR count). The normalized spacial score (nSPS) is 15.5. The van der Waals surface area contributed by atoms with Crippen LogP contribution in [-0.4, -0.2) is 38.2 Å². The Bertz CT molecular complexity index is 1230. The molecule has 0 fully saturated rings. The van der Waals surface area contributed by atoms with Gasteiger partial charge in [0.1, 0.15) is 5.82 Å². The summed E-state index contributed by atoms with van der Waals surface area (Å²) in [6.07, 6.45) is -4.93. The Labute approximate surface area is 202 Å². The van der Waals surface area contributed by atoms with Crippen molar-refractivity contribution in [2.24, 2.45) is 0 Å². The molecule has 3 aromatic rings. The maximum atomic E-state index is 14.4. The van der Waals surface area contributed by atoms with Gasteiger partial charge in [-0.05, 0) is 30.5 Å². The van der Waals surface area contributed by atoms with Gasteiger partial charge >= 0.3 is 6.18 Å². The largest absolute Gasteiger partial charge is 0.451 e. The van der Waals surface area contributed by atoms with E-state index in [-0.39, 0.29) is 49.9 Å². The van der Waals surface area contributed by atoms with Gasteiger partial charge in [-0.2, -0.15) is 13.2 Å². The quantitative estimate of drug-likeness (QED) is 0.377. The molecule has 1 amide bonds. The first-order valence-electron chi connectivity index (χ1n) is 11.2. The van der Waals surface area contributed by atoms with Gasteiger partial charge in [0.25, 0.3) is 0 Å². The van der Waals surface area contributed by atoms with Crippen molar-refractivity contribution in [1.29, 1.82) is 0 Å². The first-order valence-corrected chi connectivity index (χ1v) is 11.2. The fraction of sp³-hybridized carbons (Fsp3) is 0.375. The summed E-state index contributed by atoms with van der Waals surface area (Å²) in [7, 11) is 0. The van der Waals surface area contributed by atoms with Crippen molar-refractivity contribution in [3.8, 4) is 0 Å². The van der Waals surface area contributed by atoms with Gasteiger partial charge in [-0.1, -0.05) is 30.3 Å². The zero-order valence-electron chi connectivity index (χ0n) is 19.2. The number of alkyl halides is 3. The van der Waals surface area contributed by atoms with Gasteiger partial charge in [0.2, 0.25) is 11.7 Å². The summed E-state index contributed by atoms with van der Waals surface area (Å²) in [5.74, 6) is -4.97. The Hall–Kier alpha value is -3.41. The second-order valence-electron chi connectivity index (χ2n) is 8.67. The van der Waals surface area contributed by atoms with Gasteiger partial charge in [0.05, 0.1) is 6.54 Å². The molecule has 1 N–H and O–H groups in total. The van der Waals surface area contributed by atoms with Crippen molar-refractivity contribution >= 4 is 5.91 Å². The molecular formula is C24H23F6N5O. The van der Waals surface area contributed by atoms with E-state index in [2.05, 4.69) is 15.5 Å². The molecule has 2 heterocycles. The number of fused-ring (bicyclic) bond motifs is 1. The molecule has 1 aliphatic rings. The van der Waals surface area contributed by atoms with E-state index >= 15 is 0 Å². The summed E-state index contributed by atoms with van der Waals surface area (Å²) in [5, 5.41) is 10.0. The number of nitrogens with zero attached hydrogens (tertiary/aromatic N) is 4. The molecule has 1 aliphatic heterocycles. The van der Waals surface area contributed by atoms with Crippen molar-refractivity contribution in [2.75, 3.05) is 6.54 Å². The highest BCUT2D eigenvalue weighted by Crippen LogP contribution is 2.29. The van der Waals surface area contributed by atoms with Gasteiger partial charge in [-0.15, -0.1) is 10.2 Å². The highest BCUT2D eigenvalue weighted by molar-refractivity contribution is 5.77. The number of benzene rings is 2. The summed E-state index contributed by atoms with van der Waals surface area (Å²) >= 11 is 0. The monoisotopic (exact) mass is 511 g/mol. The summed E-state index contributed by atoms with van der Waals surface area (Å²) in [4.78, 5) is 14.5. The van der Waals surface area contributed by atoms with Crippen LogP contribution in [0.1, 0.15) is 42.2 Å². The zero-order valence-corrected chi connectivity index (χ0v) is 19.2. The average Bonchev–Trinajstić information content (AvgIpc) is 3.27. The number of nitrogens with one attached hydrogen (secondary N) is 1. The fourth-order valence-corrected chi connectivity index (χ4v) is 4.29. The lowest BCUT2D eigenvalue weighted by atomic mass is 9.99. The minimum absolute atomic E-state index is 0.00739. The Morgan fingerprint density at radius 3 is 2.42 bits per heavy atom. The predicted molar refractivity (Wildman–Crippen MR) is 117 cm³/mol. The Morgan fingerprint density at radius 2 is 1.72 bits per heavy atom. The van der Waals surface area contributed by atoms with E-state index in [0.717, 1.165) is 16.2 Å². The predicted octanol–water partition coefficient (Wildman–Crippen LogP) is 4.41. The molecule has 1 aromatic heterocycles. The minimum atomic E-state index is -4.66. The molecule has 0 bridgehead atoms. The molecule has 0 saturated carbocycles. The Balaban J connectivity index is 1.52. The van der Waals surface area contributed by atoms with Crippen LogP contribution in [0.25, 0.3) is 0 Å². The van der Waals surface area contributed by atoms with E-state index in [1.54, 1.807) is 0 Å². The van der Waals surface area contributed by atoms with Gasteiger partial charge in [-0.3, -0.25) is 4.79 Å². The van der Waals surface area contributed by atoms with Gasteiger partial charge in [-0.25, -0.2) is 13.2 Å². The Morgan fingerprint density at radius 1 is 1.03 bits per heavy atom. The third-order valence-electron chi connectivity index (χ3n) is 6.12. The minimum Gasteiger partial charge on any atom is -0.333 e. The van der Waals surface area contributed by atoms with Crippen molar-refractivity contribution in [2.45, 2.75) is 51.1 Å². The van der Waals surface area contributed by atoms with Crippen LogP contribution in [0, 0.1) is 17.5 Å². The molecule has 36 heavy (non-hydrogen) atoms. The molecule has 0 radical (unpaired) electrons. The lowest BCUT2D eigenvalue weighted by molar-refractivity contribution is -0.148. The van der Waals surface area contributed by atoms with Gasteiger partial charge in [0.15, 0.2) is 17.5 Å². The third kappa shape index (κ3) is 5.69. The van der Waals surface area contributed by atoms with Crippen LogP contribution in [0.15, 0.2) is 42.5 Å². The lowest BCUT2D eigenvalue weighted by Gasteiger charge is -2.30. The molecule has 2 atom stereocenters. The van der Waals surface area contributed by atoms with Crippen molar-refractivity contribution in [1.82, 2.24) is 25.0 Å². The average molecular weight is 511 g/mol. The Kier molecular flexibility index (Phi) is 7.34. The molecule has 0 saturated heterocycles. The first kappa shape index (κ1) is 25.7. The number of halogens is 6. The number of carbonyl (C=O) groups is 1. The number of aromatic nitrogens is 3. The van der Waals surface area contributed by atoms with E-state index in [9.17, 15) is 31.1 Å². The summed E-state index contributed by atoms with van der Waals surface area (Å²) in [6, 6.07) is 9.51. The number of hydrogen-bond donors (Lipinski definition) is 1. The van der Waals surface area contributed by atoms with E-state index in [4.69, 9.17) is 0 Å². The smallest absolute Gasteiger partial charge is 0.333 e. The maximum Gasteiger partial charge on any atom is 0.451 e. The molecule has 0 aliphatic carbocycles. The number of carbonyl (C=O) groups excluding carboxylic acids is 1. The second kappa shape index (κ2) is 10.3. The molecule has 0 spiro atoms.